The first kappa shape index (κ1) is 21.5. The van der Waals surface area contributed by atoms with Crippen LogP contribution in [0, 0.1) is 5.92 Å². The van der Waals surface area contributed by atoms with Gasteiger partial charge in [0.15, 0.2) is 6.61 Å². The molecule has 3 unspecified atom stereocenters. The Bertz CT molecular complexity index is 681. The van der Waals surface area contributed by atoms with Gasteiger partial charge in [0.1, 0.15) is 5.75 Å². The summed E-state index contributed by atoms with van der Waals surface area (Å²) in [6.07, 6.45) is -3.11. The number of carboxylic acids is 1. The first-order valence-electron chi connectivity index (χ1n) is 8.70. The summed E-state index contributed by atoms with van der Waals surface area (Å²) in [6, 6.07) is 2.36. The molecule has 0 amide bonds. The van der Waals surface area contributed by atoms with Crippen LogP contribution in [0.1, 0.15) is 48.4 Å². The minimum Gasteiger partial charge on any atom is -0.484 e. The Balaban J connectivity index is 2.30. The number of ether oxygens (including phenoxy) is 1. The van der Waals surface area contributed by atoms with Crippen LogP contribution < -0.4 is 10.5 Å². The van der Waals surface area contributed by atoms with Crippen molar-refractivity contribution in [3.8, 4) is 5.75 Å². The van der Waals surface area contributed by atoms with Crippen molar-refractivity contribution < 1.29 is 37.9 Å². The molecule has 10 heteroatoms. The largest absolute Gasteiger partial charge is 0.484 e. The van der Waals surface area contributed by atoms with E-state index in [-0.39, 0.29) is 18.0 Å². The molecule has 150 valence electrons. The second-order valence-electron chi connectivity index (χ2n) is 6.97. The summed E-state index contributed by atoms with van der Waals surface area (Å²) in [7, 11) is -1.45. The molecule has 0 spiro atoms. The number of carboxylic acid groups (broad SMARTS) is 1. The van der Waals surface area contributed by atoms with E-state index in [9.17, 15) is 23.1 Å². The predicted octanol–water partition coefficient (Wildman–Crippen LogP) is 2.24. The molecule has 1 aliphatic rings. The Hall–Kier alpha value is -1.78. The van der Waals surface area contributed by atoms with Gasteiger partial charge < -0.3 is 25.6 Å². The minimum atomic E-state index is -4.49. The quantitative estimate of drug-likeness (QED) is 0.508. The number of hydrogen-bond donors (Lipinski definition) is 4. The zero-order valence-corrected chi connectivity index (χ0v) is 14.9. The minimum absolute atomic E-state index is 0.0108. The monoisotopic (exact) mass is 389 g/mol. The van der Waals surface area contributed by atoms with E-state index >= 15 is 0 Å². The second kappa shape index (κ2) is 8.49. The fourth-order valence-electron chi connectivity index (χ4n) is 3.58. The third-order valence-electron chi connectivity index (χ3n) is 4.75. The molecule has 0 aromatic heterocycles. The average molecular weight is 389 g/mol. The molecule has 0 heterocycles. The van der Waals surface area contributed by atoms with Crippen LogP contribution in [-0.4, -0.2) is 41.0 Å². The second-order valence-corrected chi connectivity index (χ2v) is 6.97. The number of alkyl halides is 3. The summed E-state index contributed by atoms with van der Waals surface area (Å²) in [5.74, 6) is -2.11. The SMILES string of the molecule is CC(N)c1cc2c(cc1OCC(F)(F)F)CC(CCCB(O)O)C2C(=O)O. The standard InChI is InChI=1S/C17H23BF3NO5/c1-9(22)12-7-13-11(6-14(12)27-8-17(19,20)21)5-10(15(13)16(23)24)3-2-4-18(25)26/h6-7,9-10,15,25-26H,2-5,8,22H2,1H3,(H,23,24). The molecule has 0 radical (unpaired) electrons. The summed E-state index contributed by atoms with van der Waals surface area (Å²) in [5, 5.41) is 27.5. The lowest BCUT2D eigenvalue weighted by atomic mass is 9.80. The summed E-state index contributed by atoms with van der Waals surface area (Å²) in [6.45, 7) is 0.138. The van der Waals surface area contributed by atoms with E-state index in [1.54, 1.807) is 6.92 Å². The predicted molar refractivity (Wildman–Crippen MR) is 92.4 cm³/mol. The molecule has 1 aliphatic carbocycles. The number of halogens is 3. The number of benzene rings is 1. The first-order chi connectivity index (χ1) is 12.5. The smallest absolute Gasteiger partial charge is 0.451 e. The lowest BCUT2D eigenvalue weighted by Crippen LogP contribution is -2.21. The third-order valence-corrected chi connectivity index (χ3v) is 4.75. The van der Waals surface area contributed by atoms with E-state index in [0.717, 1.165) is 0 Å². The number of hydrogen-bond acceptors (Lipinski definition) is 5. The fraction of sp³-hybridized carbons (Fsp3) is 0.588. The molecule has 3 atom stereocenters. The average Bonchev–Trinajstić information content (AvgIpc) is 2.88. The van der Waals surface area contributed by atoms with Gasteiger partial charge in [-0.25, -0.2) is 0 Å². The van der Waals surface area contributed by atoms with Crippen LogP contribution in [0.4, 0.5) is 13.2 Å². The van der Waals surface area contributed by atoms with E-state index in [2.05, 4.69) is 0 Å². The van der Waals surface area contributed by atoms with E-state index < -0.39 is 37.8 Å². The van der Waals surface area contributed by atoms with Gasteiger partial charge in [0.05, 0.1) is 5.92 Å². The molecule has 1 aromatic carbocycles. The van der Waals surface area contributed by atoms with Crippen LogP contribution in [-0.2, 0) is 11.2 Å². The molecular weight excluding hydrogens is 366 g/mol. The van der Waals surface area contributed by atoms with Crippen molar-refractivity contribution in [1.82, 2.24) is 0 Å². The van der Waals surface area contributed by atoms with Gasteiger partial charge in [0, 0.05) is 11.6 Å². The van der Waals surface area contributed by atoms with Gasteiger partial charge in [-0.3, -0.25) is 4.79 Å². The van der Waals surface area contributed by atoms with Gasteiger partial charge in [-0.2, -0.15) is 13.2 Å². The van der Waals surface area contributed by atoms with Crippen LogP contribution in [0.15, 0.2) is 12.1 Å². The summed E-state index contributed by atoms with van der Waals surface area (Å²) < 4.78 is 42.4. The molecule has 27 heavy (non-hydrogen) atoms. The van der Waals surface area contributed by atoms with Crippen molar-refractivity contribution in [2.24, 2.45) is 11.7 Å². The molecule has 0 bridgehead atoms. The van der Waals surface area contributed by atoms with Crippen LogP contribution in [0.3, 0.4) is 0 Å². The maximum atomic E-state index is 12.5. The van der Waals surface area contributed by atoms with Gasteiger partial charge >= 0.3 is 19.3 Å². The van der Waals surface area contributed by atoms with Crippen LogP contribution in [0.2, 0.25) is 6.32 Å². The number of fused-ring (bicyclic) bond motifs is 1. The Morgan fingerprint density at radius 1 is 1.41 bits per heavy atom. The molecule has 0 saturated heterocycles. The number of nitrogens with two attached hydrogens (primary N) is 1. The number of carbonyl (C=O) groups is 1. The van der Waals surface area contributed by atoms with Crippen molar-refractivity contribution in [1.29, 1.82) is 0 Å². The molecular formula is C17H23BF3NO5. The van der Waals surface area contributed by atoms with E-state index in [1.165, 1.54) is 12.1 Å². The first-order valence-corrected chi connectivity index (χ1v) is 8.70. The van der Waals surface area contributed by atoms with Gasteiger partial charge in [-0.15, -0.1) is 0 Å². The summed E-state index contributed by atoms with van der Waals surface area (Å²) >= 11 is 0. The Kier molecular flexibility index (Phi) is 6.77. The summed E-state index contributed by atoms with van der Waals surface area (Å²) in [4.78, 5) is 11.8. The highest BCUT2D eigenvalue weighted by molar-refractivity contribution is 6.40. The van der Waals surface area contributed by atoms with Crippen molar-refractivity contribution in [3.05, 3.63) is 28.8 Å². The molecule has 2 rings (SSSR count). The highest BCUT2D eigenvalue weighted by atomic mass is 19.4. The Morgan fingerprint density at radius 2 is 2.07 bits per heavy atom. The fourth-order valence-corrected chi connectivity index (χ4v) is 3.58. The topological polar surface area (TPSA) is 113 Å². The molecule has 0 aliphatic heterocycles. The van der Waals surface area contributed by atoms with Crippen LogP contribution in [0.5, 0.6) is 5.75 Å². The zero-order chi connectivity index (χ0) is 20.4. The number of aliphatic carboxylic acids is 1. The van der Waals surface area contributed by atoms with Crippen LogP contribution >= 0.6 is 0 Å². The zero-order valence-electron chi connectivity index (χ0n) is 14.9. The van der Waals surface area contributed by atoms with Gasteiger partial charge in [0.2, 0.25) is 0 Å². The van der Waals surface area contributed by atoms with E-state index in [0.29, 0.717) is 36.0 Å². The number of rotatable bonds is 8. The Labute approximate surface area is 155 Å². The molecule has 1 aromatic rings. The molecule has 5 N–H and O–H groups in total. The van der Waals surface area contributed by atoms with Crippen molar-refractivity contribution >= 4 is 13.1 Å². The van der Waals surface area contributed by atoms with Gasteiger partial charge in [-0.1, -0.05) is 6.42 Å². The van der Waals surface area contributed by atoms with Crippen molar-refractivity contribution in [3.63, 3.8) is 0 Å². The normalized spacial score (nSPS) is 20.3. The highest BCUT2D eigenvalue weighted by Gasteiger charge is 2.39. The van der Waals surface area contributed by atoms with Gasteiger partial charge in [-0.05, 0) is 55.3 Å². The lowest BCUT2D eigenvalue weighted by molar-refractivity contribution is -0.153. The maximum absolute atomic E-state index is 12.5. The molecule has 6 nitrogen and oxygen atoms in total. The van der Waals surface area contributed by atoms with E-state index in [1.807, 2.05) is 0 Å². The van der Waals surface area contributed by atoms with Gasteiger partial charge in [0.25, 0.3) is 0 Å². The Morgan fingerprint density at radius 3 is 2.59 bits per heavy atom. The summed E-state index contributed by atoms with van der Waals surface area (Å²) in [5.41, 5.74) is 7.34. The highest BCUT2D eigenvalue weighted by Crippen LogP contribution is 2.44. The molecule has 0 saturated carbocycles. The van der Waals surface area contributed by atoms with Crippen molar-refractivity contribution in [2.75, 3.05) is 6.61 Å². The van der Waals surface area contributed by atoms with E-state index in [4.69, 9.17) is 20.5 Å². The third kappa shape index (κ3) is 5.60. The lowest BCUT2D eigenvalue weighted by Gasteiger charge is -2.19. The van der Waals surface area contributed by atoms with Crippen molar-refractivity contribution in [2.45, 2.75) is 50.6 Å². The van der Waals surface area contributed by atoms with Crippen LogP contribution in [0.25, 0.3) is 0 Å². The maximum Gasteiger partial charge on any atom is 0.451 e. The molecule has 0 fully saturated rings.